The third kappa shape index (κ3) is 5.12. The molecule has 1 amide bonds. The van der Waals surface area contributed by atoms with Crippen molar-refractivity contribution in [2.24, 2.45) is 0 Å². The lowest BCUT2D eigenvalue weighted by Crippen LogP contribution is -2.21. The molecule has 6 nitrogen and oxygen atoms in total. The fourth-order valence-electron chi connectivity index (χ4n) is 2.89. The topological polar surface area (TPSA) is 77.5 Å². The number of esters is 1. The number of fused-ring (bicyclic) bond motifs is 1. The third-order valence-corrected chi connectivity index (χ3v) is 5.36. The first-order valence-electron chi connectivity index (χ1n) is 9.59. The highest BCUT2D eigenvalue weighted by atomic mass is 32.1. The Morgan fingerprint density at radius 1 is 0.970 bits per heavy atom. The van der Waals surface area contributed by atoms with E-state index in [0.717, 1.165) is 23.0 Å². The lowest BCUT2D eigenvalue weighted by molar-refractivity contribution is -0.119. The Hall–Kier alpha value is -3.92. The maximum Gasteiger partial charge on any atom is 0.342 e. The van der Waals surface area contributed by atoms with Crippen LogP contribution in [0.25, 0.3) is 10.2 Å². The Morgan fingerprint density at radius 3 is 2.48 bits per heavy atom. The molecule has 0 unspecified atom stereocenters. The van der Waals surface area contributed by atoms with Crippen LogP contribution >= 0.6 is 11.3 Å². The molecule has 0 bridgehead atoms. The summed E-state index contributed by atoms with van der Waals surface area (Å²) in [6.45, 7) is -0.423. The van der Waals surface area contributed by atoms with Gasteiger partial charge in [0.25, 0.3) is 5.91 Å². The van der Waals surface area contributed by atoms with Crippen LogP contribution in [-0.4, -0.2) is 23.5 Å². The van der Waals surface area contributed by atoms with Crippen LogP contribution < -0.4 is 10.1 Å². The number of thiazole rings is 1. The van der Waals surface area contributed by atoms with Gasteiger partial charge in [-0.2, -0.15) is 0 Å². The Kier molecular flexibility index (Phi) is 6.55. The second-order valence-electron chi connectivity index (χ2n) is 6.75. The summed E-state index contributed by atoms with van der Waals surface area (Å²) >= 11 is 0.750. The second-order valence-corrected chi connectivity index (χ2v) is 7.78. The molecule has 4 rings (SSSR count). The van der Waals surface area contributed by atoms with Gasteiger partial charge in [0.2, 0.25) is 0 Å². The molecule has 0 radical (unpaired) electrons. The largest absolute Gasteiger partial charge is 0.488 e. The Balaban J connectivity index is 1.37. The number of hydrogen-bond donors (Lipinski definition) is 1. The summed E-state index contributed by atoms with van der Waals surface area (Å²) in [6.07, 6.45) is 0. The number of carbonyl (C=O) groups is 2. The molecule has 0 atom stereocenters. The number of nitrogens with one attached hydrogen (secondary N) is 1. The van der Waals surface area contributed by atoms with Gasteiger partial charge < -0.3 is 9.47 Å². The third-order valence-electron chi connectivity index (χ3n) is 4.45. The molecule has 3 aromatic carbocycles. The van der Waals surface area contributed by atoms with Gasteiger partial charge in [-0.05, 0) is 23.8 Å². The average molecular weight is 472 g/mol. The second kappa shape index (κ2) is 9.70. The number of aromatic nitrogens is 1. The Morgan fingerprint density at radius 2 is 1.70 bits per heavy atom. The lowest BCUT2D eigenvalue weighted by Gasteiger charge is -2.11. The van der Waals surface area contributed by atoms with E-state index in [4.69, 9.17) is 9.47 Å². The summed E-state index contributed by atoms with van der Waals surface area (Å²) < 4.78 is 51.3. The van der Waals surface area contributed by atoms with Crippen molar-refractivity contribution < 1.29 is 32.2 Å². The molecule has 1 heterocycles. The van der Waals surface area contributed by atoms with Crippen molar-refractivity contribution in [2.75, 3.05) is 11.9 Å². The summed E-state index contributed by atoms with van der Waals surface area (Å²) in [7, 11) is 0. The minimum atomic E-state index is -1.65. The molecule has 33 heavy (non-hydrogen) atoms. The number of hydrogen-bond acceptors (Lipinski definition) is 6. The van der Waals surface area contributed by atoms with E-state index in [1.807, 2.05) is 30.3 Å². The van der Waals surface area contributed by atoms with E-state index in [0.29, 0.717) is 0 Å². The van der Waals surface area contributed by atoms with E-state index in [1.54, 1.807) is 18.2 Å². The smallest absolute Gasteiger partial charge is 0.342 e. The van der Waals surface area contributed by atoms with Crippen LogP contribution in [0.1, 0.15) is 15.9 Å². The fourth-order valence-corrected chi connectivity index (χ4v) is 3.79. The monoisotopic (exact) mass is 472 g/mol. The van der Waals surface area contributed by atoms with Gasteiger partial charge in [0, 0.05) is 0 Å². The number of halogens is 3. The Bertz CT molecular complexity index is 1330. The van der Waals surface area contributed by atoms with Crippen molar-refractivity contribution in [1.82, 2.24) is 4.98 Å². The molecular formula is C23H15F3N2O4S. The molecule has 0 fully saturated rings. The van der Waals surface area contributed by atoms with Gasteiger partial charge in [-0.3, -0.25) is 10.1 Å². The summed E-state index contributed by atoms with van der Waals surface area (Å²) in [6, 6.07) is 16.6. The summed E-state index contributed by atoms with van der Waals surface area (Å²) in [5.41, 5.74) is 0.636. The number of benzene rings is 3. The molecule has 0 aliphatic carbocycles. The molecule has 4 aromatic rings. The minimum absolute atomic E-state index is 0.0168. The first-order chi connectivity index (χ1) is 15.9. The van der Waals surface area contributed by atoms with Gasteiger partial charge in [-0.1, -0.05) is 53.8 Å². The number of para-hydroxylation sites is 1. The average Bonchev–Trinajstić information content (AvgIpc) is 3.22. The van der Waals surface area contributed by atoms with Gasteiger partial charge in [0.15, 0.2) is 29.2 Å². The lowest BCUT2D eigenvalue weighted by atomic mass is 10.2. The number of amides is 1. The van der Waals surface area contributed by atoms with Gasteiger partial charge in [0.1, 0.15) is 23.4 Å². The number of ether oxygens (including phenoxy) is 2. The first kappa shape index (κ1) is 22.3. The van der Waals surface area contributed by atoms with Crippen molar-refractivity contribution in [2.45, 2.75) is 6.61 Å². The van der Waals surface area contributed by atoms with Crippen molar-refractivity contribution in [3.05, 3.63) is 89.2 Å². The molecule has 1 aromatic heterocycles. The standard InChI is InChI=1S/C23H15F3N2O4S/c24-15-10-17-21(20(26)19(15)25)28-23(33-17)27-18(29)12-32-22(30)14-8-4-5-9-16(14)31-11-13-6-2-1-3-7-13/h1-10H,11-12H2,(H,27,28,29). The zero-order valence-electron chi connectivity index (χ0n) is 16.8. The summed E-state index contributed by atoms with van der Waals surface area (Å²) in [5.74, 6) is -5.70. The van der Waals surface area contributed by atoms with Gasteiger partial charge in [-0.25, -0.2) is 22.9 Å². The number of rotatable bonds is 7. The predicted octanol–water partition coefficient (Wildman–Crippen LogP) is 5.09. The van der Waals surface area contributed by atoms with E-state index in [-0.39, 0.29) is 27.8 Å². The van der Waals surface area contributed by atoms with Crippen molar-refractivity contribution in [3.8, 4) is 5.75 Å². The van der Waals surface area contributed by atoms with Crippen LogP contribution in [0.2, 0.25) is 0 Å². The van der Waals surface area contributed by atoms with Crippen molar-refractivity contribution in [1.29, 1.82) is 0 Å². The summed E-state index contributed by atoms with van der Waals surface area (Å²) in [5, 5.41) is 2.22. The van der Waals surface area contributed by atoms with Gasteiger partial charge in [0.05, 0.1) is 4.70 Å². The molecule has 0 aliphatic rings. The maximum absolute atomic E-state index is 13.8. The Labute approximate surface area is 189 Å². The highest BCUT2D eigenvalue weighted by Gasteiger charge is 2.19. The van der Waals surface area contributed by atoms with E-state index in [9.17, 15) is 22.8 Å². The van der Waals surface area contributed by atoms with Crippen molar-refractivity contribution in [3.63, 3.8) is 0 Å². The molecule has 0 spiro atoms. The van der Waals surface area contributed by atoms with E-state index in [2.05, 4.69) is 10.3 Å². The zero-order chi connectivity index (χ0) is 23.4. The van der Waals surface area contributed by atoms with E-state index in [1.165, 1.54) is 6.07 Å². The predicted molar refractivity (Wildman–Crippen MR) is 116 cm³/mol. The minimum Gasteiger partial charge on any atom is -0.488 e. The molecule has 168 valence electrons. The zero-order valence-corrected chi connectivity index (χ0v) is 17.6. The molecular weight excluding hydrogens is 457 g/mol. The highest BCUT2D eigenvalue weighted by molar-refractivity contribution is 7.22. The molecule has 1 N–H and O–H groups in total. The van der Waals surface area contributed by atoms with Crippen molar-refractivity contribution >= 4 is 38.6 Å². The summed E-state index contributed by atoms with van der Waals surface area (Å²) in [4.78, 5) is 28.4. The normalized spacial score (nSPS) is 10.8. The SMILES string of the molecule is O=C(COC(=O)c1ccccc1OCc1ccccc1)Nc1nc2c(F)c(F)c(F)cc2s1. The maximum atomic E-state index is 13.8. The molecule has 0 saturated carbocycles. The molecule has 0 saturated heterocycles. The van der Waals surface area contributed by atoms with E-state index < -0.39 is 41.5 Å². The number of nitrogens with zero attached hydrogens (tertiary/aromatic N) is 1. The van der Waals surface area contributed by atoms with Gasteiger partial charge >= 0.3 is 5.97 Å². The number of carbonyl (C=O) groups excluding carboxylic acids is 2. The van der Waals surface area contributed by atoms with Crippen LogP contribution in [0, 0.1) is 17.5 Å². The van der Waals surface area contributed by atoms with Gasteiger partial charge in [-0.15, -0.1) is 0 Å². The van der Waals surface area contributed by atoms with E-state index >= 15 is 0 Å². The first-order valence-corrected chi connectivity index (χ1v) is 10.4. The van der Waals surface area contributed by atoms with Crippen LogP contribution in [0.5, 0.6) is 5.75 Å². The fraction of sp³-hybridized carbons (Fsp3) is 0.0870. The molecule has 10 heteroatoms. The highest BCUT2D eigenvalue weighted by Crippen LogP contribution is 2.30. The van der Waals surface area contributed by atoms with Crippen LogP contribution in [0.15, 0.2) is 60.7 Å². The van der Waals surface area contributed by atoms with Crippen LogP contribution in [-0.2, 0) is 16.1 Å². The van der Waals surface area contributed by atoms with Crippen LogP contribution in [0.3, 0.4) is 0 Å². The molecule has 0 aliphatic heterocycles. The van der Waals surface area contributed by atoms with Crippen LogP contribution in [0.4, 0.5) is 18.3 Å². The quantitative estimate of drug-likeness (QED) is 0.300. The number of anilines is 1.